The van der Waals surface area contributed by atoms with Crippen molar-refractivity contribution < 1.29 is 0 Å². The third-order valence-corrected chi connectivity index (χ3v) is 1.00. The minimum atomic E-state index is 0.672. The van der Waals surface area contributed by atoms with E-state index in [9.17, 15) is 0 Å². The number of allylic oxidation sites excluding steroid dienone is 2. The summed E-state index contributed by atoms with van der Waals surface area (Å²) in [5, 5.41) is 0. The van der Waals surface area contributed by atoms with Crippen molar-refractivity contribution in [3.63, 3.8) is 0 Å². The summed E-state index contributed by atoms with van der Waals surface area (Å²) in [6, 6.07) is 0. The molecule has 0 heteroatoms. The molecular weight excluding hydrogens is 108 g/mol. The van der Waals surface area contributed by atoms with Gasteiger partial charge in [-0.05, 0) is 18.8 Å². The second-order valence-corrected chi connectivity index (χ2v) is 2.51. The van der Waals surface area contributed by atoms with Gasteiger partial charge >= 0.3 is 0 Å². The van der Waals surface area contributed by atoms with Gasteiger partial charge in [0, 0.05) is 0 Å². The lowest BCUT2D eigenvalue weighted by molar-refractivity contribution is 0.828. The van der Waals surface area contributed by atoms with Crippen molar-refractivity contribution in [2.75, 3.05) is 0 Å². The first-order valence-corrected chi connectivity index (χ1v) is 3.56. The van der Waals surface area contributed by atoms with E-state index < -0.39 is 0 Å². The molecule has 2 radical (unpaired) electrons. The summed E-state index contributed by atoms with van der Waals surface area (Å²) in [6.07, 6.45) is 8.57. The molecule has 0 saturated heterocycles. The number of hydrogen-bond donors (Lipinski definition) is 0. The maximum atomic E-state index is 3.74. The van der Waals surface area contributed by atoms with Crippen LogP contribution in [0.25, 0.3) is 0 Å². The van der Waals surface area contributed by atoms with E-state index in [-0.39, 0.29) is 0 Å². The third-order valence-electron chi connectivity index (χ3n) is 1.00. The molecule has 0 fully saturated rings. The van der Waals surface area contributed by atoms with Crippen LogP contribution in [0.2, 0.25) is 0 Å². The van der Waals surface area contributed by atoms with Crippen molar-refractivity contribution in [3.05, 3.63) is 25.5 Å². The fraction of sp³-hybridized carbons (Fsp3) is 0.556. The first kappa shape index (κ1) is 8.74. The van der Waals surface area contributed by atoms with Crippen LogP contribution >= 0.6 is 0 Å². The summed E-state index contributed by atoms with van der Waals surface area (Å²) < 4.78 is 0. The molecule has 0 aromatic rings. The van der Waals surface area contributed by atoms with Gasteiger partial charge in [0.25, 0.3) is 0 Å². The van der Waals surface area contributed by atoms with E-state index in [1.807, 2.05) is 0 Å². The van der Waals surface area contributed by atoms with Crippen LogP contribution in [0.3, 0.4) is 0 Å². The Labute approximate surface area is 59.0 Å². The monoisotopic (exact) mass is 124 g/mol. The fourth-order valence-electron chi connectivity index (χ4n) is 0.515. The molecule has 0 aliphatic heterocycles. The van der Waals surface area contributed by atoms with Gasteiger partial charge in [-0.2, -0.15) is 0 Å². The first-order valence-electron chi connectivity index (χ1n) is 3.56. The lowest BCUT2D eigenvalue weighted by Crippen LogP contribution is -1.77. The van der Waals surface area contributed by atoms with E-state index in [0.29, 0.717) is 5.92 Å². The molecule has 0 spiro atoms. The van der Waals surface area contributed by atoms with E-state index in [0.717, 1.165) is 12.8 Å². The topological polar surface area (TPSA) is 0 Å². The number of rotatable bonds is 4. The quantitative estimate of drug-likeness (QED) is 0.505. The largest absolute Gasteiger partial charge is 0.0857 e. The number of hydrogen-bond acceptors (Lipinski definition) is 0. The van der Waals surface area contributed by atoms with Gasteiger partial charge in [0.2, 0.25) is 0 Å². The van der Waals surface area contributed by atoms with Crippen molar-refractivity contribution in [1.29, 1.82) is 0 Å². The zero-order chi connectivity index (χ0) is 7.11. The predicted molar refractivity (Wildman–Crippen MR) is 42.9 cm³/mol. The highest BCUT2D eigenvalue weighted by Gasteiger charge is 1.82. The molecule has 0 aliphatic carbocycles. The molecule has 52 valence electrons. The Morgan fingerprint density at radius 3 is 2.56 bits per heavy atom. The second kappa shape index (κ2) is 5.87. The molecule has 0 heterocycles. The van der Waals surface area contributed by atoms with Crippen molar-refractivity contribution in [2.24, 2.45) is 5.92 Å². The molecule has 0 N–H and O–H groups in total. The molecule has 0 unspecified atom stereocenters. The molecule has 0 aromatic heterocycles. The summed E-state index contributed by atoms with van der Waals surface area (Å²) >= 11 is 0. The van der Waals surface area contributed by atoms with Crippen LogP contribution < -0.4 is 0 Å². The second-order valence-electron chi connectivity index (χ2n) is 2.51. The predicted octanol–water partition coefficient (Wildman–Crippen LogP) is 3.02. The summed E-state index contributed by atoms with van der Waals surface area (Å²) in [4.78, 5) is 0. The minimum Gasteiger partial charge on any atom is -0.0857 e. The zero-order valence-corrected chi connectivity index (χ0v) is 6.43. The molecule has 0 nitrogen and oxygen atoms in total. The van der Waals surface area contributed by atoms with E-state index in [1.165, 1.54) is 0 Å². The lowest BCUT2D eigenvalue weighted by atomic mass is 10.1. The van der Waals surface area contributed by atoms with Gasteiger partial charge in [0.15, 0.2) is 0 Å². The van der Waals surface area contributed by atoms with Gasteiger partial charge < -0.3 is 0 Å². The van der Waals surface area contributed by atoms with Crippen molar-refractivity contribution in [1.82, 2.24) is 0 Å². The lowest BCUT2D eigenvalue weighted by Gasteiger charge is -1.92. The van der Waals surface area contributed by atoms with Crippen molar-refractivity contribution in [2.45, 2.75) is 26.7 Å². The maximum Gasteiger partial charge on any atom is -0.0170 e. The molecule has 0 rings (SSSR count). The summed E-state index contributed by atoms with van der Waals surface area (Å²) in [6.45, 7) is 8.09. The Bertz CT molecular complexity index is 70.1. The molecule has 0 atom stereocenters. The average molecular weight is 124 g/mol. The Kier molecular flexibility index (Phi) is 5.70. The Morgan fingerprint density at radius 1 is 1.44 bits per heavy atom. The highest BCUT2D eigenvalue weighted by Crippen LogP contribution is 1.97. The standard InChI is InChI=1S/C9H16/c1-4-5-6-7-8-9(2)3/h6-9H,1,4-5H2,2-3H3. The SMILES string of the molecule is [CH2]CC[CH]C=CC(C)C. The molecule has 0 aromatic carbocycles. The fourth-order valence-corrected chi connectivity index (χ4v) is 0.515. The van der Waals surface area contributed by atoms with Crippen LogP contribution in [0, 0.1) is 19.3 Å². The van der Waals surface area contributed by atoms with E-state index in [2.05, 4.69) is 39.3 Å². The van der Waals surface area contributed by atoms with Gasteiger partial charge in [-0.25, -0.2) is 0 Å². The highest BCUT2D eigenvalue weighted by atomic mass is 13.9. The minimum absolute atomic E-state index is 0.672. The summed E-state index contributed by atoms with van der Waals surface area (Å²) in [7, 11) is 0. The molecule has 0 aliphatic rings. The first-order chi connectivity index (χ1) is 4.27. The normalized spacial score (nSPS) is 11.6. The third kappa shape index (κ3) is 7.74. The van der Waals surface area contributed by atoms with E-state index >= 15 is 0 Å². The van der Waals surface area contributed by atoms with Gasteiger partial charge in [0.05, 0.1) is 0 Å². The van der Waals surface area contributed by atoms with Crippen LogP contribution in [0.5, 0.6) is 0 Å². The van der Waals surface area contributed by atoms with Gasteiger partial charge in [-0.3, -0.25) is 0 Å². The Balaban J connectivity index is 3.04. The van der Waals surface area contributed by atoms with Crippen LogP contribution in [0.1, 0.15) is 26.7 Å². The smallest absolute Gasteiger partial charge is 0.0170 e. The van der Waals surface area contributed by atoms with Gasteiger partial charge in [-0.15, -0.1) is 0 Å². The van der Waals surface area contributed by atoms with Crippen LogP contribution in [0.15, 0.2) is 12.2 Å². The van der Waals surface area contributed by atoms with Crippen molar-refractivity contribution in [3.8, 4) is 0 Å². The Hall–Kier alpha value is -0.260. The van der Waals surface area contributed by atoms with Crippen molar-refractivity contribution >= 4 is 0 Å². The maximum absolute atomic E-state index is 3.74. The van der Waals surface area contributed by atoms with Gasteiger partial charge in [-0.1, -0.05) is 39.3 Å². The van der Waals surface area contributed by atoms with Crippen LogP contribution in [-0.2, 0) is 0 Å². The van der Waals surface area contributed by atoms with Crippen LogP contribution in [0.4, 0.5) is 0 Å². The highest BCUT2D eigenvalue weighted by molar-refractivity contribution is 4.95. The Morgan fingerprint density at radius 2 is 2.11 bits per heavy atom. The van der Waals surface area contributed by atoms with E-state index in [4.69, 9.17) is 0 Å². The van der Waals surface area contributed by atoms with Gasteiger partial charge in [0.1, 0.15) is 0 Å². The van der Waals surface area contributed by atoms with Crippen LogP contribution in [-0.4, -0.2) is 0 Å². The molecule has 0 amide bonds. The molecule has 0 saturated carbocycles. The zero-order valence-electron chi connectivity index (χ0n) is 6.43. The molecule has 0 bridgehead atoms. The average Bonchev–Trinajstić information content (AvgIpc) is 1.80. The molecular formula is C9H16. The summed E-state index contributed by atoms with van der Waals surface area (Å²) in [5.74, 6) is 0.672. The van der Waals surface area contributed by atoms with E-state index in [1.54, 1.807) is 0 Å². The molecule has 9 heavy (non-hydrogen) atoms. The number of unbranched alkanes of at least 4 members (excludes halogenated alkanes) is 2. The summed E-state index contributed by atoms with van der Waals surface area (Å²) in [5.41, 5.74) is 0.